The van der Waals surface area contributed by atoms with Crippen LogP contribution in [0.25, 0.3) is 15.9 Å². The van der Waals surface area contributed by atoms with Gasteiger partial charge in [0.05, 0.1) is 16.8 Å². The maximum absolute atomic E-state index is 13.8. The largest absolute Gasteiger partial charge is 0.486 e. The summed E-state index contributed by atoms with van der Waals surface area (Å²) in [6.07, 6.45) is 4.09. The second kappa shape index (κ2) is 9.80. The average Bonchev–Trinajstić information content (AvgIpc) is 3.27. The number of aromatic nitrogens is 2. The van der Waals surface area contributed by atoms with Crippen LogP contribution in [0.4, 0.5) is 5.69 Å². The first-order valence-electron chi connectivity index (χ1n) is 11.7. The van der Waals surface area contributed by atoms with Crippen LogP contribution >= 0.6 is 34.7 Å². The molecule has 184 valence electrons. The summed E-state index contributed by atoms with van der Waals surface area (Å²) in [6, 6.07) is 12.4. The molecule has 0 saturated heterocycles. The molecular weight excluding hydrogens is 518 g/mol. The molecule has 0 atom stereocenters. The molecule has 0 unspecified atom stereocenters. The van der Waals surface area contributed by atoms with Crippen molar-refractivity contribution in [2.24, 2.45) is 0 Å². The molecule has 2 aromatic heterocycles. The number of carbonyl (C=O) groups excluding carboxylic acids is 1. The topological polar surface area (TPSA) is 82.5 Å². The molecule has 4 aromatic rings. The molecule has 2 aliphatic rings. The number of thioether (sulfide) groups is 1. The van der Waals surface area contributed by atoms with Crippen molar-refractivity contribution in [3.05, 3.63) is 68.3 Å². The lowest BCUT2D eigenvalue weighted by atomic mass is 9.97. The van der Waals surface area contributed by atoms with Crippen LogP contribution in [-0.4, -0.2) is 34.4 Å². The van der Waals surface area contributed by atoms with E-state index in [0.717, 1.165) is 36.1 Å². The molecule has 1 aliphatic heterocycles. The number of hydrogen-bond acceptors (Lipinski definition) is 7. The van der Waals surface area contributed by atoms with Gasteiger partial charge in [-0.25, -0.2) is 4.98 Å². The molecule has 0 spiro atoms. The van der Waals surface area contributed by atoms with Gasteiger partial charge in [0.15, 0.2) is 16.7 Å². The minimum atomic E-state index is -0.209. The van der Waals surface area contributed by atoms with E-state index >= 15 is 0 Å². The summed E-state index contributed by atoms with van der Waals surface area (Å²) >= 11 is 8.93. The Kier molecular flexibility index (Phi) is 6.37. The van der Waals surface area contributed by atoms with E-state index in [1.165, 1.54) is 16.6 Å². The van der Waals surface area contributed by atoms with Crippen molar-refractivity contribution < 1.29 is 14.3 Å². The molecule has 1 aliphatic carbocycles. The molecule has 0 bridgehead atoms. The fourth-order valence-electron chi connectivity index (χ4n) is 4.55. The van der Waals surface area contributed by atoms with Crippen LogP contribution in [-0.2, 0) is 17.6 Å². The van der Waals surface area contributed by atoms with Crippen LogP contribution in [0.3, 0.4) is 0 Å². The lowest BCUT2D eigenvalue weighted by molar-refractivity contribution is -0.113. The van der Waals surface area contributed by atoms with E-state index in [4.69, 9.17) is 26.1 Å². The smallest absolute Gasteiger partial charge is 0.267 e. The minimum absolute atomic E-state index is 0.0884. The number of ether oxygens (including phenoxy) is 2. The molecule has 2 aromatic carbocycles. The number of thiophene rings is 1. The van der Waals surface area contributed by atoms with Crippen molar-refractivity contribution >= 4 is 56.5 Å². The van der Waals surface area contributed by atoms with Crippen LogP contribution in [0.15, 0.2) is 52.4 Å². The number of amides is 1. The van der Waals surface area contributed by atoms with Gasteiger partial charge in [-0.2, -0.15) is 0 Å². The van der Waals surface area contributed by atoms with Crippen molar-refractivity contribution in [2.45, 2.75) is 30.8 Å². The molecule has 3 heterocycles. The number of hydrogen-bond donors (Lipinski definition) is 1. The molecule has 36 heavy (non-hydrogen) atoms. The number of nitrogens with zero attached hydrogens (tertiary/aromatic N) is 2. The second-order valence-corrected chi connectivity index (χ2v) is 11.1. The van der Waals surface area contributed by atoms with E-state index in [1.54, 1.807) is 58.4 Å². The van der Waals surface area contributed by atoms with Crippen molar-refractivity contribution in [3.8, 4) is 17.2 Å². The Morgan fingerprint density at radius 3 is 2.69 bits per heavy atom. The zero-order chi connectivity index (χ0) is 24.6. The lowest BCUT2D eigenvalue weighted by Gasteiger charge is -2.19. The summed E-state index contributed by atoms with van der Waals surface area (Å²) in [5.74, 6) is 1.15. The molecule has 10 heteroatoms. The van der Waals surface area contributed by atoms with Gasteiger partial charge in [0.2, 0.25) is 5.91 Å². The van der Waals surface area contributed by atoms with E-state index in [2.05, 4.69) is 5.32 Å². The van der Waals surface area contributed by atoms with Gasteiger partial charge in [-0.15, -0.1) is 11.3 Å². The van der Waals surface area contributed by atoms with Gasteiger partial charge in [-0.05, 0) is 67.6 Å². The summed E-state index contributed by atoms with van der Waals surface area (Å²) in [4.78, 5) is 33.5. The van der Waals surface area contributed by atoms with Crippen LogP contribution in [0.2, 0.25) is 5.02 Å². The Morgan fingerprint density at radius 1 is 1.08 bits per heavy atom. The van der Waals surface area contributed by atoms with Crippen LogP contribution in [0.1, 0.15) is 23.3 Å². The van der Waals surface area contributed by atoms with Gasteiger partial charge >= 0.3 is 0 Å². The first-order chi connectivity index (χ1) is 17.6. The molecule has 1 N–H and O–H groups in total. The van der Waals surface area contributed by atoms with E-state index in [9.17, 15) is 9.59 Å². The maximum Gasteiger partial charge on any atom is 0.267 e. The number of fused-ring (bicyclic) bond motifs is 4. The summed E-state index contributed by atoms with van der Waals surface area (Å²) < 4.78 is 12.7. The molecule has 0 fully saturated rings. The third-order valence-corrected chi connectivity index (χ3v) is 8.58. The second-order valence-electron chi connectivity index (χ2n) is 8.60. The Balaban J connectivity index is 1.31. The molecule has 0 radical (unpaired) electrons. The fourth-order valence-corrected chi connectivity index (χ4v) is 6.79. The summed E-state index contributed by atoms with van der Waals surface area (Å²) in [6.45, 7) is 0.984. The van der Waals surface area contributed by atoms with Crippen molar-refractivity contribution in [2.75, 3.05) is 24.3 Å². The van der Waals surface area contributed by atoms with Crippen LogP contribution < -0.4 is 20.3 Å². The SMILES string of the molecule is O=C(CSc1nc2sc3c(c2c(=O)n1-c1ccc(Cl)cc1)CCCC3)Nc1ccc2c(c1)OCCO2. The van der Waals surface area contributed by atoms with Gasteiger partial charge in [0, 0.05) is 21.7 Å². The molecule has 7 nitrogen and oxygen atoms in total. The molecule has 6 rings (SSSR count). The highest BCUT2D eigenvalue weighted by atomic mass is 35.5. The number of benzene rings is 2. The van der Waals surface area contributed by atoms with Gasteiger partial charge in [-0.3, -0.25) is 14.2 Å². The number of carbonyl (C=O) groups is 1. The first kappa shape index (κ1) is 23.4. The number of aryl methyl sites for hydroxylation is 2. The fraction of sp³-hybridized carbons (Fsp3) is 0.269. The minimum Gasteiger partial charge on any atom is -0.486 e. The van der Waals surface area contributed by atoms with Crippen molar-refractivity contribution in [1.29, 1.82) is 0 Å². The van der Waals surface area contributed by atoms with Crippen molar-refractivity contribution in [1.82, 2.24) is 9.55 Å². The quantitative estimate of drug-likeness (QED) is 0.267. The Labute approximate surface area is 220 Å². The number of halogens is 1. The molecular formula is C26H22ClN3O4S2. The highest BCUT2D eigenvalue weighted by molar-refractivity contribution is 7.99. The number of nitrogens with one attached hydrogen (secondary N) is 1. The molecule has 0 saturated carbocycles. The van der Waals surface area contributed by atoms with E-state index in [0.29, 0.717) is 51.7 Å². The summed E-state index contributed by atoms with van der Waals surface area (Å²) in [5, 5.41) is 4.66. The Bertz CT molecular complexity index is 1530. The van der Waals surface area contributed by atoms with E-state index in [-0.39, 0.29) is 17.2 Å². The first-order valence-corrected chi connectivity index (χ1v) is 13.9. The van der Waals surface area contributed by atoms with Crippen LogP contribution in [0, 0.1) is 0 Å². The van der Waals surface area contributed by atoms with Gasteiger partial charge in [-0.1, -0.05) is 23.4 Å². The third-order valence-electron chi connectivity index (χ3n) is 6.20. The molecule has 1 amide bonds. The normalized spacial score (nSPS) is 14.5. The summed E-state index contributed by atoms with van der Waals surface area (Å²) in [5.41, 5.74) is 2.32. The van der Waals surface area contributed by atoms with Gasteiger partial charge in [0.25, 0.3) is 5.56 Å². The Morgan fingerprint density at radius 2 is 1.86 bits per heavy atom. The lowest BCUT2D eigenvalue weighted by Crippen LogP contribution is -2.23. The zero-order valence-electron chi connectivity index (χ0n) is 19.2. The predicted octanol–water partition coefficient (Wildman–Crippen LogP) is 5.48. The zero-order valence-corrected chi connectivity index (χ0v) is 21.6. The third kappa shape index (κ3) is 4.47. The highest BCUT2D eigenvalue weighted by Gasteiger charge is 2.23. The van der Waals surface area contributed by atoms with Crippen molar-refractivity contribution in [3.63, 3.8) is 0 Å². The maximum atomic E-state index is 13.8. The van der Waals surface area contributed by atoms with E-state index in [1.807, 2.05) is 0 Å². The summed E-state index contributed by atoms with van der Waals surface area (Å²) in [7, 11) is 0. The van der Waals surface area contributed by atoms with Gasteiger partial charge < -0.3 is 14.8 Å². The Hall–Kier alpha value is -3.01. The van der Waals surface area contributed by atoms with Gasteiger partial charge in [0.1, 0.15) is 18.0 Å². The average molecular weight is 540 g/mol. The predicted molar refractivity (Wildman–Crippen MR) is 144 cm³/mol. The standard InChI is InChI=1S/C26H22ClN3O4S2/c27-15-5-8-17(9-6-15)30-25(32)23-18-3-1-2-4-21(18)36-24(23)29-26(30)35-14-22(31)28-16-7-10-19-20(13-16)34-12-11-33-19/h5-10,13H,1-4,11-12,14H2,(H,28,31). The van der Waals surface area contributed by atoms with E-state index < -0.39 is 0 Å². The highest BCUT2D eigenvalue weighted by Crippen LogP contribution is 2.36. The van der Waals surface area contributed by atoms with Crippen LogP contribution in [0.5, 0.6) is 11.5 Å². The number of rotatable bonds is 5. The monoisotopic (exact) mass is 539 g/mol. The number of anilines is 1.